The lowest BCUT2D eigenvalue weighted by atomic mass is 10.2. The van der Waals surface area contributed by atoms with Gasteiger partial charge in [-0.15, -0.1) is 0 Å². The number of hydrogen-bond acceptors (Lipinski definition) is 5. The van der Waals surface area contributed by atoms with Gasteiger partial charge in [-0.3, -0.25) is 0 Å². The Kier molecular flexibility index (Phi) is 3.94. The van der Waals surface area contributed by atoms with Gasteiger partial charge in [-0.25, -0.2) is 9.97 Å². The van der Waals surface area contributed by atoms with E-state index in [-0.39, 0.29) is 0 Å². The number of rotatable bonds is 4. The Balaban J connectivity index is 2.41. The monoisotopic (exact) mass is 254 g/mol. The molecule has 0 saturated heterocycles. The molecule has 0 saturated carbocycles. The van der Waals surface area contributed by atoms with E-state index < -0.39 is 0 Å². The zero-order valence-corrected chi connectivity index (χ0v) is 10.8. The molecule has 0 atom stereocenters. The third-order valence-electron chi connectivity index (χ3n) is 2.71. The van der Waals surface area contributed by atoms with Crippen LogP contribution in [0.3, 0.4) is 0 Å². The lowest BCUT2D eigenvalue weighted by Gasteiger charge is -2.12. The van der Waals surface area contributed by atoms with Crippen LogP contribution in [0.25, 0.3) is 0 Å². The Morgan fingerprint density at radius 3 is 2.79 bits per heavy atom. The van der Waals surface area contributed by atoms with E-state index in [1.54, 1.807) is 25.2 Å². The van der Waals surface area contributed by atoms with Crippen molar-refractivity contribution < 1.29 is 4.74 Å². The summed E-state index contributed by atoms with van der Waals surface area (Å²) >= 11 is 0. The van der Waals surface area contributed by atoms with Crippen LogP contribution in [-0.2, 0) is 6.42 Å². The van der Waals surface area contributed by atoms with Gasteiger partial charge >= 0.3 is 0 Å². The van der Waals surface area contributed by atoms with Crippen molar-refractivity contribution in [3.05, 3.63) is 41.7 Å². The maximum Gasteiger partial charge on any atom is 0.227 e. The molecule has 0 aliphatic rings. The van der Waals surface area contributed by atoms with Gasteiger partial charge < -0.3 is 10.1 Å². The minimum atomic E-state index is 0.476. The van der Waals surface area contributed by atoms with Gasteiger partial charge in [0.2, 0.25) is 5.88 Å². The molecule has 0 aliphatic heterocycles. The summed E-state index contributed by atoms with van der Waals surface area (Å²) in [4.78, 5) is 8.29. The molecule has 0 fully saturated rings. The summed E-state index contributed by atoms with van der Waals surface area (Å²) in [6.07, 6.45) is 2.18. The van der Waals surface area contributed by atoms with Crippen molar-refractivity contribution in [3.63, 3.8) is 0 Å². The maximum atomic E-state index is 9.05. The molecule has 0 bridgehead atoms. The molecule has 0 amide bonds. The van der Waals surface area contributed by atoms with Crippen molar-refractivity contribution in [2.45, 2.75) is 13.3 Å². The number of nitrogens with zero attached hydrogens (tertiary/aromatic N) is 3. The molecule has 19 heavy (non-hydrogen) atoms. The molecule has 1 N–H and O–H groups in total. The van der Waals surface area contributed by atoms with Crippen molar-refractivity contribution in [2.75, 3.05) is 12.4 Å². The van der Waals surface area contributed by atoms with Crippen molar-refractivity contribution >= 4 is 5.82 Å². The first-order valence-corrected chi connectivity index (χ1v) is 5.98. The number of hydrogen-bond donors (Lipinski definition) is 1. The van der Waals surface area contributed by atoms with Crippen LogP contribution >= 0.6 is 0 Å². The van der Waals surface area contributed by atoms with Crippen molar-refractivity contribution in [2.24, 2.45) is 0 Å². The molecule has 1 aromatic carbocycles. The second kappa shape index (κ2) is 5.83. The molecule has 0 unspecified atom stereocenters. The first-order chi connectivity index (χ1) is 9.30. The number of para-hydroxylation sites is 1. The van der Waals surface area contributed by atoms with Crippen molar-refractivity contribution in [1.29, 1.82) is 5.26 Å². The highest BCUT2D eigenvalue weighted by Crippen LogP contribution is 2.28. The fourth-order valence-electron chi connectivity index (χ4n) is 1.77. The van der Waals surface area contributed by atoms with Gasteiger partial charge in [-0.05, 0) is 18.6 Å². The van der Waals surface area contributed by atoms with Gasteiger partial charge in [0.25, 0.3) is 0 Å². The van der Waals surface area contributed by atoms with Crippen molar-refractivity contribution in [3.8, 4) is 17.7 Å². The Hall–Kier alpha value is -2.61. The highest BCUT2D eigenvalue weighted by Gasteiger charge is 2.12. The quantitative estimate of drug-likeness (QED) is 0.908. The largest absolute Gasteiger partial charge is 0.437 e. The number of anilines is 1. The fraction of sp³-hybridized carbons (Fsp3) is 0.214. The fourth-order valence-corrected chi connectivity index (χ4v) is 1.77. The molecule has 96 valence electrons. The van der Waals surface area contributed by atoms with Crippen LogP contribution in [0.1, 0.15) is 18.1 Å². The maximum absolute atomic E-state index is 9.05. The number of benzene rings is 1. The van der Waals surface area contributed by atoms with Crippen LogP contribution in [0.4, 0.5) is 5.82 Å². The summed E-state index contributed by atoms with van der Waals surface area (Å²) in [5.74, 6) is 1.71. The number of ether oxygens (including phenoxy) is 1. The zero-order valence-electron chi connectivity index (χ0n) is 10.8. The summed E-state index contributed by atoms with van der Waals surface area (Å²) in [5.41, 5.74) is 1.37. The summed E-state index contributed by atoms with van der Waals surface area (Å²) in [6.45, 7) is 2.00. The minimum absolute atomic E-state index is 0.476. The Morgan fingerprint density at radius 1 is 1.32 bits per heavy atom. The SMILES string of the molecule is CCc1c(NC)ncnc1Oc1ccccc1C#N. The van der Waals surface area contributed by atoms with Gasteiger partial charge in [0.15, 0.2) is 0 Å². The summed E-state index contributed by atoms with van der Waals surface area (Å²) < 4.78 is 5.75. The van der Waals surface area contributed by atoms with Crippen LogP contribution in [0, 0.1) is 11.3 Å². The average molecular weight is 254 g/mol. The normalized spacial score (nSPS) is 9.74. The Labute approximate surface area is 111 Å². The topological polar surface area (TPSA) is 70.8 Å². The minimum Gasteiger partial charge on any atom is -0.437 e. The van der Waals surface area contributed by atoms with E-state index in [2.05, 4.69) is 21.4 Å². The van der Waals surface area contributed by atoms with Crippen LogP contribution < -0.4 is 10.1 Å². The molecule has 5 nitrogen and oxygen atoms in total. The third-order valence-corrected chi connectivity index (χ3v) is 2.71. The summed E-state index contributed by atoms with van der Waals surface area (Å²) in [6, 6.07) is 9.17. The Bertz CT molecular complexity index is 619. The van der Waals surface area contributed by atoms with Gasteiger partial charge in [0.1, 0.15) is 24.0 Å². The molecule has 1 aromatic heterocycles. The van der Waals surface area contributed by atoms with Crippen LogP contribution in [0.2, 0.25) is 0 Å². The zero-order chi connectivity index (χ0) is 13.7. The molecule has 2 rings (SSSR count). The number of nitrogens with one attached hydrogen (secondary N) is 1. The smallest absolute Gasteiger partial charge is 0.227 e. The lowest BCUT2D eigenvalue weighted by Crippen LogP contribution is -2.02. The van der Waals surface area contributed by atoms with E-state index in [1.165, 1.54) is 6.33 Å². The first kappa shape index (κ1) is 12.8. The molecule has 0 radical (unpaired) electrons. The van der Waals surface area contributed by atoms with E-state index in [4.69, 9.17) is 10.00 Å². The molecule has 0 aliphatic carbocycles. The first-order valence-electron chi connectivity index (χ1n) is 5.98. The number of nitriles is 1. The lowest BCUT2D eigenvalue weighted by molar-refractivity contribution is 0.454. The second-order valence-corrected chi connectivity index (χ2v) is 3.82. The highest BCUT2D eigenvalue weighted by molar-refractivity contribution is 5.51. The summed E-state index contributed by atoms with van der Waals surface area (Å²) in [7, 11) is 1.80. The van der Waals surface area contributed by atoms with E-state index in [9.17, 15) is 0 Å². The van der Waals surface area contributed by atoms with Crippen molar-refractivity contribution in [1.82, 2.24) is 9.97 Å². The third kappa shape index (κ3) is 2.63. The van der Waals surface area contributed by atoms with Gasteiger partial charge in [0.05, 0.1) is 11.1 Å². The number of aromatic nitrogens is 2. The summed E-state index contributed by atoms with van der Waals surface area (Å²) in [5, 5.41) is 12.1. The molecule has 1 heterocycles. The molecule has 5 heteroatoms. The van der Waals surface area contributed by atoms with E-state index in [0.717, 1.165) is 17.8 Å². The standard InChI is InChI=1S/C14H14N4O/c1-3-11-13(16-2)17-9-18-14(11)19-12-7-5-4-6-10(12)8-15/h4-7,9H,3H2,1-2H3,(H,16,17,18). The van der Waals surface area contributed by atoms with E-state index in [0.29, 0.717) is 17.2 Å². The Morgan fingerprint density at radius 2 is 2.11 bits per heavy atom. The predicted octanol–water partition coefficient (Wildman–Crippen LogP) is 2.74. The van der Waals surface area contributed by atoms with Crippen LogP contribution in [0.15, 0.2) is 30.6 Å². The predicted molar refractivity (Wildman–Crippen MR) is 72.2 cm³/mol. The molecule has 2 aromatic rings. The van der Waals surface area contributed by atoms with Crippen LogP contribution in [-0.4, -0.2) is 17.0 Å². The second-order valence-electron chi connectivity index (χ2n) is 3.82. The van der Waals surface area contributed by atoms with E-state index in [1.807, 2.05) is 13.0 Å². The van der Waals surface area contributed by atoms with Crippen LogP contribution in [0.5, 0.6) is 11.6 Å². The molecular weight excluding hydrogens is 240 g/mol. The highest BCUT2D eigenvalue weighted by atomic mass is 16.5. The van der Waals surface area contributed by atoms with Gasteiger partial charge in [0, 0.05) is 7.05 Å². The molecular formula is C14H14N4O. The van der Waals surface area contributed by atoms with E-state index >= 15 is 0 Å². The average Bonchev–Trinajstić information content (AvgIpc) is 2.47. The van der Waals surface area contributed by atoms with Gasteiger partial charge in [-0.1, -0.05) is 19.1 Å². The molecule has 0 spiro atoms. The van der Waals surface area contributed by atoms with Gasteiger partial charge in [-0.2, -0.15) is 5.26 Å².